The van der Waals surface area contributed by atoms with E-state index >= 15 is 0 Å². The first-order valence-electron chi connectivity index (χ1n) is 13.2. The smallest absolute Gasteiger partial charge is 0.186 e. The van der Waals surface area contributed by atoms with Crippen LogP contribution in [0.1, 0.15) is 6.42 Å². The molecule has 16 atom stereocenters. The highest BCUT2D eigenvalue weighted by Gasteiger charge is 2.55. The zero-order chi connectivity index (χ0) is 29.9. The highest BCUT2D eigenvalue weighted by Crippen LogP contribution is 2.38. The van der Waals surface area contributed by atoms with Crippen LogP contribution in [0.3, 0.4) is 0 Å². The number of rotatable bonds is 10. The monoisotopic (exact) mass is 582 g/mol. The van der Waals surface area contributed by atoms with Crippen molar-refractivity contribution in [2.45, 2.75) is 97.9 Å². The van der Waals surface area contributed by atoms with E-state index in [4.69, 9.17) is 48.6 Å². The molecule has 0 radical (unpaired) electrons. The van der Waals surface area contributed by atoms with Crippen LogP contribution < -0.4 is 39.7 Å². The number of hydrogen-bond acceptors (Lipinski definition) is 16. The Morgan fingerprint density at radius 3 is 2.20 bits per heavy atom. The molecule has 234 valence electrons. The van der Waals surface area contributed by atoms with Crippen molar-refractivity contribution < 1.29 is 50.0 Å². The Kier molecular flexibility index (Phi) is 11.8. The number of aliphatic imine (C=N–C) groups is 1. The molecule has 0 aromatic rings. The highest BCUT2D eigenvalue weighted by molar-refractivity contribution is 5.76. The van der Waals surface area contributed by atoms with Crippen LogP contribution in [0.4, 0.5) is 0 Å². The van der Waals surface area contributed by atoms with Crippen LogP contribution in [-0.2, 0) is 14.2 Å². The van der Waals surface area contributed by atoms with E-state index in [0.717, 1.165) is 0 Å². The molecular weight excluding hydrogens is 536 g/mol. The van der Waals surface area contributed by atoms with Gasteiger partial charge >= 0.3 is 0 Å². The molecule has 2 heterocycles. The van der Waals surface area contributed by atoms with Crippen LogP contribution in [0.5, 0.6) is 0 Å². The summed E-state index contributed by atoms with van der Waals surface area (Å²) in [6.45, 7) is -0.835. The van der Waals surface area contributed by atoms with Gasteiger partial charge < -0.3 is 89.7 Å². The van der Waals surface area contributed by atoms with Gasteiger partial charge in [0.05, 0.1) is 37.1 Å². The van der Waals surface area contributed by atoms with E-state index in [9.17, 15) is 35.7 Å². The number of aliphatic hydroxyl groups excluding tert-OH is 7. The summed E-state index contributed by atoms with van der Waals surface area (Å²) in [5.41, 5.74) is 34.8. The molecule has 3 aliphatic rings. The van der Waals surface area contributed by atoms with E-state index in [0.29, 0.717) is 0 Å². The van der Waals surface area contributed by atoms with Gasteiger partial charge in [-0.15, -0.1) is 0 Å². The van der Waals surface area contributed by atoms with E-state index in [-0.39, 0.29) is 26.1 Å². The largest absolute Gasteiger partial charge is 0.394 e. The van der Waals surface area contributed by atoms with Crippen molar-refractivity contribution in [3.05, 3.63) is 0 Å². The fourth-order valence-corrected chi connectivity index (χ4v) is 5.68. The van der Waals surface area contributed by atoms with E-state index < -0.39 is 110 Å². The zero-order valence-electron chi connectivity index (χ0n) is 22.0. The van der Waals surface area contributed by atoms with Gasteiger partial charge in [0.2, 0.25) is 0 Å². The summed E-state index contributed by atoms with van der Waals surface area (Å²) < 4.78 is 17.6. The average Bonchev–Trinajstić information content (AvgIpc) is 2.92. The molecule has 20 N–H and O–H groups in total. The lowest BCUT2D eigenvalue weighted by Crippen LogP contribution is -2.70. The lowest BCUT2D eigenvalue weighted by atomic mass is 9.71. The van der Waals surface area contributed by atoms with E-state index in [1.165, 1.54) is 0 Å². The van der Waals surface area contributed by atoms with Gasteiger partial charge in [0, 0.05) is 37.6 Å². The second-order valence-corrected chi connectivity index (χ2v) is 10.7. The number of aliphatic hydroxyl groups is 7. The van der Waals surface area contributed by atoms with Crippen molar-refractivity contribution in [1.29, 1.82) is 0 Å². The van der Waals surface area contributed by atoms with Gasteiger partial charge in [-0.05, 0) is 6.42 Å². The highest BCUT2D eigenvalue weighted by atomic mass is 16.7. The maximum atomic E-state index is 11.7. The molecule has 0 amide bonds. The summed E-state index contributed by atoms with van der Waals surface area (Å²) in [5, 5.41) is 76.6. The lowest BCUT2D eigenvalue weighted by Gasteiger charge is -2.52. The van der Waals surface area contributed by atoms with Crippen LogP contribution in [0, 0.1) is 5.92 Å². The van der Waals surface area contributed by atoms with Gasteiger partial charge in [0.1, 0.15) is 42.7 Å². The predicted molar refractivity (Wildman–Crippen MR) is 139 cm³/mol. The molecule has 16 unspecified atom stereocenters. The lowest BCUT2D eigenvalue weighted by molar-refractivity contribution is -0.307. The Hall–Kier alpha value is -1.33. The maximum Gasteiger partial charge on any atom is 0.186 e. The van der Waals surface area contributed by atoms with Crippen molar-refractivity contribution in [2.24, 2.45) is 45.3 Å². The molecule has 1 aliphatic carbocycles. The molecule has 0 bridgehead atoms. The fourth-order valence-electron chi connectivity index (χ4n) is 5.68. The number of nitrogens with zero attached hydrogens (tertiary/aromatic N) is 1. The molecule has 0 aromatic carbocycles. The Labute approximate surface area is 231 Å². The van der Waals surface area contributed by atoms with Gasteiger partial charge in [0.25, 0.3) is 0 Å². The zero-order valence-corrected chi connectivity index (χ0v) is 22.0. The summed E-state index contributed by atoms with van der Waals surface area (Å²) in [6.07, 6.45) is -14.2. The topological polar surface area (TPSA) is 350 Å². The number of guanidine groups is 1. The molecule has 0 aromatic heterocycles. The summed E-state index contributed by atoms with van der Waals surface area (Å²) in [5.74, 6) is -1.42. The van der Waals surface area contributed by atoms with Crippen molar-refractivity contribution in [3.8, 4) is 0 Å². The number of nitrogens with one attached hydrogen (secondary N) is 1. The third-order valence-corrected chi connectivity index (χ3v) is 7.92. The minimum atomic E-state index is -1.55. The van der Waals surface area contributed by atoms with Crippen molar-refractivity contribution in [3.63, 3.8) is 0 Å². The first-order chi connectivity index (χ1) is 18.9. The van der Waals surface area contributed by atoms with Crippen molar-refractivity contribution >= 4 is 5.96 Å². The Balaban J connectivity index is 1.95. The first kappa shape index (κ1) is 33.2. The third-order valence-electron chi connectivity index (χ3n) is 7.92. The number of hydrogen-bond donors (Lipinski definition) is 14. The normalized spacial score (nSPS) is 47.0. The molecule has 3 fully saturated rings. The standard InChI is InChI=1S/C22H46N8O10/c23-2-6(32)4-29-8-1-7(25)11(20-13(30-22(27)28)18(37)15(34)9(3-24)38-20)16(35)19(8)40-21-17(36)12(26)14(33)10(5-31)39-21/h6-21,29,31-37H,1-5,23-26H2,(H4,27,28,30). The van der Waals surface area contributed by atoms with E-state index in [2.05, 4.69) is 10.3 Å². The van der Waals surface area contributed by atoms with Crippen molar-refractivity contribution in [2.75, 3.05) is 26.2 Å². The van der Waals surface area contributed by atoms with Crippen LogP contribution in [0.2, 0.25) is 0 Å². The minimum Gasteiger partial charge on any atom is -0.394 e. The van der Waals surface area contributed by atoms with Crippen LogP contribution in [0.25, 0.3) is 0 Å². The summed E-state index contributed by atoms with van der Waals surface area (Å²) >= 11 is 0. The summed E-state index contributed by atoms with van der Waals surface area (Å²) in [4.78, 5) is 4.03. The summed E-state index contributed by atoms with van der Waals surface area (Å²) in [6, 6.07) is -4.04. The minimum absolute atomic E-state index is 0.00735. The first-order valence-corrected chi connectivity index (χ1v) is 13.2. The van der Waals surface area contributed by atoms with Gasteiger partial charge in [-0.2, -0.15) is 0 Å². The summed E-state index contributed by atoms with van der Waals surface area (Å²) in [7, 11) is 0. The average molecular weight is 583 g/mol. The third kappa shape index (κ3) is 7.00. The van der Waals surface area contributed by atoms with Gasteiger partial charge in [-0.1, -0.05) is 0 Å². The second-order valence-electron chi connectivity index (χ2n) is 10.7. The van der Waals surface area contributed by atoms with E-state index in [1.807, 2.05) is 0 Å². The second kappa shape index (κ2) is 14.2. The molecule has 0 spiro atoms. The van der Waals surface area contributed by atoms with Gasteiger partial charge in [-0.3, -0.25) is 0 Å². The Morgan fingerprint density at radius 2 is 1.62 bits per heavy atom. The van der Waals surface area contributed by atoms with Gasteiger partial charge in [0.15, 0.2) is 12.2 Å². The molecule has 1 saturated carbocycles. The molecule has 2 saturated heterocycles. The molecule has 2 aliphatic heterocycles. The number of ether oxygens (including phenoxy) is 3. The van der Waals surface area contributed by atoms with Crippen LogP contribution >= 0.6 is 0 Å². The van der Waals surface area contributed by atoms with E-state index in [1.54, 1.807) is 0 Å². The Bertz CT molecular complexity index is 828. The molecular formula is C22H46N8O10. The molecule has 3 rings (SSSR count). The van der Waals surface area contributed by atoms with Crippen molar-refractivity contribution in [1.82, 2.24) is 5.32 Å². The molecule has 18 heteroatoms. The fraction of sp³-hybridized carbons (Fsp3) is 0.955. The Morgan fingerprint density at radius 1 is 0.950 bits per heavy atom. The SMILES string of the molecule is NCC(O)CNC1CC(N)C(C2OC(CN)C(O)C(O)C2N=C(N)N)C(O)C1OC1OC(CO)C(O)C(N)C1O. The van der Waals surface area contributed by atoms with Gasteiger partial charge in [-0.25, -0.2) is 4.99 Å². The number of nitrogens with two attached hydrogens (primary N) is 6. The van der Waals surface area contributed by atoms with Crippen LogP contribution in [-0.4, -0.2) is 159 Å². The molecule has 18 nitrogen and oxygen atoms in total. The predicted octanol–water partition coefficient (Wildman–Crippen LogP) is -8.79. The molecule has 40 heavy (non-hydrogen) atoms. The van der Waals surface area contributed by atoms with Crippen LogP contribution in [0.15, 0.2) is 4.99 Å². The quantitative estimate of drug-likeness (QED) is 0.0839. The maximum absolute atomic E-state index is 11.7.